The van der Waals surface area contributed by atoms with Crippen molar-refractivity contribution < 1.29 is 9.90 Å². The lowest BCUT2D eigenvalue weighted by atomic mass is 10.1. The van der Waals surface area contributed by atoms with Crippen molar-refractivity contribution in [3.8, 4) is 0 Å². The second-order valence-corrected chi connectivity index (χ2v) is 5.16. The Morgan fingerprint density at radius 2 is 2.47 bits per heavy atom. The Balaban J connectivity index is 2.02. The number of thiophene rings is 1. The first-order valence-corrected chi connectivity index (χ1v) is 7.07. The van der Waals surface area contributed by atoms with Crippen molar-refractivity contribution in [2.45, 2.75) is 32.5 Å². The average molecular weight is 279 g/mol. The van der Waals surface area contributed by atoms with Gasteiger partial charge in [-0.15, -0.1) is 11.3 Å². The number of carboxylic acid groups (broad SMARTS) is 1. The van der Waals surface area contributed by atoms with Crippen LogP contribution in [0.1, 0.15) is 30.1 Å². The van der Waals surface area contributed by atoms with Gasteiger partial charge >= 0.3 is 5.97 Å². The molecule has 19 heavy (non-hydrogen) atoms. The minimum atomic E-state index is -0.801. The molecule has 0 fully saturated rings. The molecule has 102 valence electrons. The Kier molecular flexibility index (Phi) is 4.70. The third-order valence-corrected chi connectivity index (χ3v) is 3.90. The van der Waals surface area contributed by atoms with Crippen LogP contribution >= 0.6 is 11.3 Å². The van der Waals surface area contributed by atoms with E-state index in [1.54, 1.807) is 17.5 Å². The minimum absolute atomic E-state index is 0.0767. The van der Waals surface area contributed by atoms with Gasteiger partial charge in [0.25, 0.3) is 0 Å². The third-order valence-electron chi connectivity index (χ3n) is 2.91. The standard InChI is InChI=1S/C13H17N3O2S/c1-2-16-6-5-14-12(16)9-15-10(8-13(17)18)11-4-3-7-19-11/h3-7,10,15H,2,8-9H2,1H3,(H,17,18). The van der Waals surface area contributed by atoms with Gasteiger partial charge in [-0.1, -0.05) is 6.07 Å². The van der Waals surface area contributed by atoms with Gasteiger partial charge in [0.2, 0.25) is 0 Å². The van der Waals surface area contributed by atoms with Gasteiger partial charge in [0.15, 0.2) is 0 Å². The van der Waals surface area contributed by atoms with E-state index in [-0.39, 0.29) is 12.5 Å². The van der Waals surface area contributed by atoms with E-state index in [1.807, 2.05) is 28.3 Å². The highest BCUT2D eigenvalue weighted by molar-refractivity contribution is 7.10. The lowest BCUT2D eigenvalue weighted by molar-refractivity contribution is -0.137. The highest BCUT2D eigenvalue weighted by Gasteiger charge is 2.16. The van der Waals surface area contributed by atoms with Crippen molar-refractivity contribution in [1.82, 2.24) is 14.9 Å². The molecule has 0 aromatic carbocycles. The van der Waals surface area contributed by atoms with Crippen molar-refractivity contribution in [2.75, 3.05) is 0 Å². The number of imidazole rings is 1. The number of nitrogens with zero attached hydrogens (tertiary/aromatic N) is 2. The molecular formula is C13H17N3O2S. The summed E-state index contributed by atoms with van der Waals surface area (Å²) in [7, 11) is 0. The minimum Gasteiger partial charge on any atom is -0.481 e. The Bertz CT molecular complexity index is 522. The van der Waals surface area contributed by atoms with E-state index in [4.69, 9.17) is 5.11 Å². The number of aliphatic carboxylic acids is 1. The number of carbonyl (C=O) groups is 1. The van der Waals surface area contributed by atoms with E-state index in [9.17, 15) is 4.79 Å². The van der Waals surface area contributed by atoms with Crippen LogP contribution in [0, 0.1) is 0 Å². The molecule has 0 aliphatic carbocycles. The lowest BCUT2D eigenvalue weighted by Crippen LogP contribution is -2.24. The monoisotopic (exact) mass is 279 g/mol. The van der Waals surface area contributed by atoms with E-state index in [0.717, 1.165) is 17.2 Å². The molecule has 0 aliphatic rings. The molecular weight excluding hydrogens is 262 g/mol. The summed E-state index contributed by atoms with van der Waals surface area (Å²) in [5.41, 5.74) is 0. The highest BCUT2D eigenvalue weighted by atomic mass is 32.1. The van der Waals surface area contributed by atoms with Crippen LogP contribution in [0.25, 0.3) is 0 Å². The zero-order valence-electron chi connectivity index (χ0n) is 10.7. The predicted molar refractivity (Wildman–Crippen MR) is 74.1 cm³/mol. The van der Waals surface area contributed by atoms with Crippen LogP contribution < -0.4 is 5.32 Å². The van der Waals surface area contributed by atoms with Crippen LogP contribution in [0.2, 0.25) is 0 Å². The van der Waals surface area contributed by atoms with Gasteiger partial charge in [0.1, 0.15) is 5.82 Å². The molecule has 2 N–H and O–H groups in total. The zero-order valence-corrected chi connectivity index (χ0v) is 11.6. The number of carboxylic acids is 1. The number of nitrogens with one attached hydrogen (secondary N) is 1. The first kappa shape index (κ1) is 13.8. The normalized spacial score (nSPS) is 12.5. The molecule has 0 saturated heterocycles. The SMILES string of the molecule is CCn1ccnc1CNC(CC(=O)O)c1cccs1. The maximum absolute atomic E-state index is 10.9. The summed E-state index contributed by atoms with van der Waals surface area (Å²) >= 11 is 1.57. The van der Waals surface area contributed by atoms with Crippen LogP contribution in [-0.2, 0) is 17.9 Å². The van der Waals surface area contributed by atoms with Gasteiger partial charge < -0.3 is 15.0 Å². The molecule has 0 aliphatic heterocycles. The van der Waals surface area contributed by atoms with Crippen LogP contribution in [0.5, 0.6) is 0 Å². The number of aromatic nitrogens is 2. The second kappa shape index (κ2) is 6.49. The number of hydrogen-bond acceptors (Lipinski definition) is 4. The Morgan fingerprint density at radius 1 is 1.63 bits per heavy atom. The maximum Gasteiger partial charge on any atom is 0.305 e. The Hall–Kier alpha value is -1.66. The van der Waals surface area contributed by atoms with Crippen molar-refractivity contribution in [1.29, 1.82) is 0 Å². The molecule has 0 bridgehead atoms. The molecule has 2 aromatic heterocycles. The summed E-state index contributed by atoms with van der Waals surface area (Å²) in [6.45, 7) is 3.48. The van der Waals surface area contributed by atoms with Crippen LogP contribution in [0.15, 0.2) is 29.9 Å². The molecule has 0 spiro atoms. The molecule has 1 unspecified atom stereocenters. The maximum atomic E-state index is 10.9. The summed E-state index contributed by atoms with van der Waals surface area (Å²) in [6, 6.07) is 3.72. The molecule has 6 heteroatoms. The first-order valence-electron chi connectivity index (χ1n) is 6.19. The smallest absolute Gasteiger partial charge is 0.305 e. The molecule has 0 radical (unpaired) electrons. The van der Waals surface area contributed by atoms with Crippen molar-refractivity contribution in [2.24, 2.45) is 0 Å². The summed E-state index contributed by atoms with van der Waals surface area (Å²) in [5.74, 6) is 0.124. The number of aryl methyl sites for hydroxylation is 1. The highest BCUT2D eigenvalue weighted by Crippen LogP contribution is 2.22. The van der Waals surface area contributed by atoms with Gasteiger partial charge in [-0.3, -0.25) is 4.79 Å². The van der Waals surface area contributed by atoms with E-state index in [2.05, 4.69) is 17.2 Å². The largest absolute Gasteiger partial charge is 0.481 e. The molecule has 0 amide bonds. The van der Waals surface area contributed by atoms with Gasteiger partial charge in [-0.05, 0) is 18.4 Å². The van der Waals surface area contributed by atoms with Crippen LogP contribution in [0.3, 0.4) is 0 Å². The van der Waals surface area contributed by atoms with E-state index >= 15 is 0 Å². The first-order chi connectivity index (χ1) is 9.20. The number of hydrogen-bond donors (Lipinski definition) is 2. The van der Waals surface area contributed by atoms with Crippen LogP contribution in [0.4, 0.5) is 0 Å². The molecule has 5 nitrogen and oxygen atoms in total. The van der Waals surface area contributed by atoms with Crippen molar-refractivity contribution in [3.63, 3.8) is 0 Å². The fourth-order valence-corrected chi connectivity index (χ4v) is 2.75. The van der Waals surface area contributed by atoms with E-state index in [0.29, 0.717) is 6.54 Å². The predicted octanol–water partition coefficient (Wildman–Crippen LogP) is 2.27. The number of rotatable bonds is 7. The summed E-state index contributed by atoms with van der Waals surface area (Å²) < 4.78 is 2.04. The van der Waals surface area contributed by atoms with Gasteiger partial charge in [-0.2, -0.15) is 0 Å². The van der Waals surface area contributed by atoms with Gasteiger partial charge in [0, 0.05) is 23.8 Å². The fraction of sp³-hybridized carbons (Fsp3) is 0.385. The topological polar surface area (TPSA) is 67.2 Å². The van der Waals surface area contributed by atoms with Crippen molar-refractivity contribution in [3.05, 3.63) is 40.6 Å². The molecule has 0 saturated carbocycles. The van der Waals surface area contributed by atoms with Gasteiger partial charge in [0.05, 0.1) is 19.0 Å². The van der Waals surface area contributed by atoms with E-state index in [1.165, 1.54) is 0 Å². The zero-order chi connectivity index (χ0) is 13.7. The Morgan fingerprint density at radius 3 is 3.11 bits per heavy atom. The van der Waals surface area contributed by atoms with E-state index < -0.39 is 5.97 Å². The Labute approximate surface area is 115 Å². The third kappa shape index (κ3) is 3.65. The quantitative estimate of drug-likeness (QED) is 0.816. The summed E-state index contributed by atoms with van der Waals surface area (Å²) in [4.78, 5) is 16.2. The molecule has 2 rings (SSSR count). The molecule has 2 aromatic rings. The molecule has 1 atom stereocenters. The van der Waals surface area contributed by atoms with Gasteiger partial charge in [-0.25, -0.2) is 4.98 Å². The summed E-state index contributed by atoms with van der Waals surface area (Å²) in [6.07, 6.45) is 3.76. The van der Waals surface area contributed by atoms with Crippen LogP contribution in [-0.4, -0.2) is 20.6 Å². The second-order valence-electron chi connectivity index (χ2n) is 4.18. The van der Waals surface area contributed by atoms with Crippen molar-refractivity contribution >= 4 is 17.3 Å². The summed E-state index contributed by atoms with van der Waals surface area (Å²) in [5, 5.41) is 14.2. The fourth-order valence-electron chi connectivity index (χ4n) is 1.95. The average Bonchev–Trinajstić information content (AvgIpc) is 3.04. The molecule has 2 heterocycles. The lowest BCUT2D eigenvalue weighted by Gasteiger charge is -2.15.